The van der Waals surface area contributed by atoms with Crippen LogP contribution in [0, 0.1) is 0 Å². The molecule has 0 aliphatic carbocycles. The van der Waals surface area contributed by atoms with Crippen molar-refractivity contribution >= 4 is 22.6 Å². The third-order valence-corrected chi connectivity index (χ3v) is 5.82. The summed E-state index contributed by atoms with van der Waals surface area (Å²) in [6.45, 7) is 0.155. The maximum Gasteiger partial charge on any atom is 0.357 e. The Bertz CT molecular complexity index is 1440. The van der Waals surface area contributed by atoms with E-state index in [-0.39, 0.29) is 24.1 Å². The van der Waals surface area contributed by atoms with Crippen LogP contribution in [0.25, 0.3) is 10.9 Å². The number of nitrogens with one attached hydrogen (secondary N) is 1. The summed E-state index contributed by atoms with van der Waals surface area (Å²) in [4.78, 5) is 17.2. The van der Waals surface area contributed by atoms with Crippen LogP contribution >= 0.6 is 0 Å². The summed E-state index contributed by atoms with van der Waals surface area (Å²) >= 11 is 0. The number of anilines is 1. The van der Waals surface area contributed by atoms with Crippen LogP contribution in [0.4, 0.5) is 5.69 Å². The zero-order chi connectivity index (χ0) is 24.0. The van der Waals surface area contributed by atoms with Crippen LogP contribution in [0.3, 0.4) is 0 Å². The first kappa shape index (κ1) is 22.2. The van der Waals surface area contributed by atoms with Gasteiger partial charge in [0.1, 0.15) is 23.6 Å². The van der Waals surface area contributed by atoms with Gasteiger partial charge in [-0.05, 0) is 29.3 Å². The van der Waals surface area contributed by atoms with Gasteiger partial charge in [0.05, 0.1) is 6.04 Å². The molecule has 0 saturated carbocycles. The number of rotatable bonds is 7. The van der Waals surface area contributed by atoms with E-state index >= 15 is 0 Å². The number of pyridine rings is 1. The van der Waals surface area contributed by atoms with Gasteiger partial charge in [-0.2, -0.15) is 0 Å². The highest BCUT2D eigenvalue weighted by Crippen LogP contribution is 2.36. The van der Waals surface area contributed by atoms with Crippen molar-refractivity contribution in [1.29, 1.82) is 0 Å². The van der Waals surface area contributed by atoms with Crippen LogP contribution in [0.5, 0.6) is 5.75 Å². The Morgan fingerprint density at radius 2 is 1.43 bits per heavy atom. The van der Waals surface area contributed by atoms with Gasteiger partial charge in [-0.15, -0.1) is 0 Å². The van der Waals surface area contributed by atoms with Crippen LogP contribution in [0.2, 0.25) is 0 Å². The first-order valence-electron chi connectivity index (χ1n) is 11.4. The third kappa shape index (κ3) is 4.99. The number of phenolic OH excluding ortho intramolecular Hbond substituents is 1. The van der Waals surface area contributed by atoms with E-state index in [1.807, 2.05) is 103 Å². The Balaban J connectivity index is 1.49. The normalized spacial score (nSPS) is 11.7. The van der Waals surface area contributed by atoms with Crippen molar-refractivity contribution in [2.24, 2.45) is 0 Å². The molecule has 0 bridgehead atoms. The molecule has 5 heteroatoms. The number of benzene rings is 4. The SMILES string of the molecule is O=C(OCc1ccccc1)c1ccc2ccc(C(Nc3ccccc3)c3ccccc3)c(O)c2n1. The van der Waals surface area contributed by atoms with Crippen LogP contribution in [0.15, 0.2) is 115 Å². The van der Waals surface area contributed by atoms with Gasteiger partial charge < -0.3 is 15.2 Å². The van der Waals surface area contributed by atoms with Gasteiger partial charge in [0.2, 0.25) is 0 Å². The van der Waals surface area contributed by atoms with Crippen molar-refractivity contribution in [3.8, 4) is 5.75 Å². The molecule has 1 atom stereocenters. The molecule has 1 unspecified atom stereocenters. The summed E-state index contributed by atoms with van der Waals surface area (Å²) in [5, 5.41) is 15.6. The van der Waals surface area contributed by atoms with Crippen molar-refractivity contribution in [2.75, 3.05) is 5.32 Å². The standard InChI is InChI=1S/C30H24N2O3/c33-29-25(27(22-12-6-2-7-13-22)31-24-14-8-3-9-15-24)18-16-23-17-19-26(32-28(23)29)30(34)35-20-21-10-4-1-5-11-21/h1-19,27,31,33H,20H2. The molecular formula is C30H24N2O3. The number of nitrogens with zero attached hydrogens (tertiary/aromatic N) is 1. The van der Waals surface area contributed by atoms with Gasteiger partial charge in [-0.3, -0.25) is 0 Å². The van der Waals surface area contributed by atoms with E-state index in [1.54, 1.807) is 12.1 Å². The Morgan fingerprint density at radius 3 is 2.14 bits per heavy atom. The van der Waals surface area contributed by atoms with Gasteiger partial charge in [0.25, 0.3) is 0 Å². The van der Waals surface area contributed by atoms with Crippen molar-refractivity contribution in [3.63, 3.8) is 0 Å². The molecule has 0 aliphatic rings. The molecule has 1 heterocycles. The second-order valence-electron chi connectivity index (χ2n) is 8.19. The molecule has 5 aromatic rings. The topological polar surface area (TPSA) is 71.5 Å². The fourth-order valence-electron chi connectivity index (χ4n) is 4.02. The number of para-hydroxylation sites is 1. The number of fused-ring (bicyclic) bond motifs is 1. The minimum Gasteiger partial charge on any atom is -0.505 e. The Morgan fingerprint density at radius 1 is 0.800 bits per heavy atom. The molecule has 0 spiro atoms. The highest BCUT2D eigenvalue weighted by molar-refractivity contribution is 5.93. The summed E-state index contributed by atoms with van der Waals surface area (Å²) in [5.41, 5.74) is 3.97. The molecule has 35 heavy (non-hydrogen) atoms. The lowest BCUT2D eigenvalue weighted by atomic mass is 9.96. The molecule has 0 amide bonds. The van der Waals surface area contributed by atoms with Gasteiger partial charge in [-0.1, -0.05) is 97.1 Å². The lowest BCUT2D eigenvalue weighted by molar-refractivity contribution is 0.0466. The van der Waals surface area contributed by atoms with Gasteiger partial charge in [-0.25, -0.2) is 9.78 Å². The average molecular weight is 461 g/mol. The predicted molar refractivity (Wildman–Crippen MR) is 137 cm³/mol. The molecule has 0 saturated heterocycles. The van der Waals surface area contributed by atoms with Crippen molar-refractivity contribution < 1.29 is 14.6 Å². The first-order chi connectivity index (χ1) is 17.2. The van der Waals surface area contributed by atoms with E-state index in [0.717, 1.165) is 22.2 Å². The summed E-state index contributed by atoms with van der Waals surface area (Å²) in [7, 11) is 0. The third-order valence-electron chi connectivity index (χ3n) is 5.82. The number of carbonyl (C=O) groups excluding carboxylic acids is 1. The molecule has 172 valence electrons. The zero-order valence-electron chi connectivity index (χ0n) is 19.0. The zero-order valence-corrected chi connectivity index (χ0v) is 19.0. The molecular weight excluding hydrogens is 436 g/mol. The van der Waals surface area contributed by atoms with Crippen LogP contribution < -0.4 is 5.32 Å². The van der Waals surface area contributed by atoms with E-state index in [4.69, 9.17) is 4.74 Å². The fourth-order valence-corrected chi connectivity index (χ4v) is 4.02. The van der Waals surface area contributed by atoms with E-state index in [1.165, 1.54) is 0 Å². The van der Waals surface area contributed by atoms with E-state index in [9.17, 15) is 9.90 Å². The number of aromatic nitrogens is 1. The lowest BCUT2D eigenvalue weighted by Gasteiger charge is -2.22. The molecule has 5 rings (SSSR count). The molecule has 0 fully saturated rings. The highest BCUT2D eigenvalue weighted by atomic mass is 16.5. The van der Waals surface area contributed by atoms with Crippen molar-refractivity contribution in [1.82, 2.24) is 4.98 Å². The Kier molecular flexibility index (Phi) is 6.39. The maximum atomic E-state index is 12.7. The van der Waals surface area contributed by atoms with Crippen LogP contribution in [0.1, 0.15) is 33.2 Å². The molecule has 2 N–H and O–H groups in total. The highest BCUT2D eigenvalue weighted by Gasteiger charge is 2.21. The molecule has 0 radical (unpaired) electrons. The second-order valence-corrected chi connectivity index (χ2v) is 8.19. The molecule has 5 nitrogen and oxygen atoms in total. The first-order valence-corrected chi connectivity index (χ1v) is 11.4. The van der Waals surface area contributed by atoms with Crippen molar-refractivity contribution in [2.45, 2.75) is 12.6 Å². The summed E-state index contributed by atoms with van der Waals surface area (Å²) in [5.74, 6) is -0.514. The second kappa shape index (κ2) is 10.1. The number of phenols is 1. The van der Waals surface area contributed by atoms with E-state index in [0.29, 0.717) is 11.1 Å². The minimum absolute atomic E-state index is 0.0255. The molecule has 4 aromatic carbocycles. The monoisotopic (exact) mass is 460 g/mol. The number of hydrogen-bond donors (Lipinski definition) is 2. The quantitative estimate of drug-likeness (QED) is 0.271. The van der Waals surface area contributed by atoms with Crippen molar-refractivity contribution in [3.05, 3.63) is 138 Å². The smallest absolute Gasteiger partial charge is 0.357 e. The summed E-state index contributed by atoms with van der Waals surface area (Å²) in [6, 6.07) is 36.1. The number of hydrogen-bond acceptors (Lipinski definition) is 5. The number of carbonyl (C=O) groups is 1. The average Bonchev–Trinajstić information content (AvgIpc) is 2.92. The number of esters is 1. The van der Waals surface area contributed by atoms with Gasteiger partial charge >= 0.3 is 5.97 Å². The summed E-state index contributed by atoms with van der Waals surface area (Å²) in [6.07, 6.45) is 0. The number of aromatic hydroxyl groups is 1. The molecule has 1 aromatic heterocycles. The van der Waals surface area contributed by atoms with E-state index in [2.05, 4.69) is 10.3 Å². The summed E-state index contributed by atoms with van der Waals surface area (Å²) < 4.78 is 5.43. The fraction of sp³-hybridized carbons (Fsp3) is 0.0667. The Labute approximate surface area is 203 Å². The van der Waals surface area contributed by atoms with E-state index < -0.39 is 5.97 Å². The minimum atomic E-state index is -0.539. The molecule has 0 aliphatic heterocycles. The van der Waals surface area contributed by atoms with Gasteiger partial charge in [0, 0.05) is 16.6 Å². The number of ether oxygens (including phenoxy) is 1. The van der Waals surface area contributed by atoms with Gasteiger partial charge in [0.15, 0.2) is 0 Å². The Hall–Kier alpha value is -4.64. The largest absolute Gasteiger partial charge is 0.505 e. The van der Waals surface area contributed by atoms with Crippen LogP contribution in [-0.4, -0.2) is 16.1 Å². The van der Waals surface area contributed by atoms with Crippen LogP contribution in [-0.2, 0) is 11.3 Å². The maximum absolute atomic E-state index is 12.7. The lowest BCUT2D eigenvalue weighted by Crippen LogP contribution is -2.13. The predicted octanol–water partition coefficient (Wildman–Crippen LogP) is 6.50.